The van der Waals surface area contributed by atoms with Crippen molar-refractivity contribution in [1.29, 1.82) is 5.26 Å². The highest BCUT2D eigenvalue weighted by Crippen LogP contribution is 2.29. The van der Waals surface area contributed by atoms with Gasteiger partial charge in [0, 0.05) is 24.9 Å². The van der Waals surface area contributed by atoms with Crippen LogP contribution in [0.15, 0.2) is 0 Å². The predicted octanol–water partition coefficient (Wildman–Crippen LogP) is 2.00. The number of anilines is 1. The number of carbonyl (C=O) groups is 1. The molecule has 1 atom stereocenters. The Morgan fingerprint density at radius 1 is 1.69 bits per heavy atom. The van der Waals surface area contributed by atoms with Gasteiger partial charge in [0.2, 0.25) is 0 Å². The van der Waals surface area contributed by atoms with Crippen LogP contribution in [0.4, 0.5) is 5.13 Å². The Morgan fingerprint density at radius 2 is 2.44 bits per heavy atom. The summed E-state index contributed by atoms with van der Waals surface area (Å²) in [5.41, 5.74) is 0.570. The number of carbonyl (C=O) groups excluding carboxylic acids is 1. The number of thiazole rings is 1. The Hall–Kier alpha value is -1.41. The lowest BCUT2D eigenvalue weighted by Crippen LogP contribution is -2.19. The van der Waals surface area contributed by atoms with Crippen LogP contribution in [-0.4, -0.2) is 23.9 Å². The topological polar surface area (TPSA) is 57.0 Å². The molecule has 0 aliphatic carbocycles. The fraction of sp³-hybridized carbons (Fsp3) is 0.545. The van der Waals surface area contributed by atoms with Crippen LogP contribution in [0.3, 0.4) is 0 Å². The first-order valence-corrected chi connectivity index (χ1v) is 6.06. The second-order valence-corrected chi connectivity index (χ2v) is 5.20. The molecule has 0 radical (unpaired) electrons. The maximum Gasteiger partial charge on any atom is 0.186 e. The Kier molecular flexibility index (Phi) is 2.92. The summed E-state index contributed by atoms with van der Waals surface area (Å²) >= 11 is 1.54. The van der Waals surface area contributed by atoms with E-state index >= 15 is 0 Å². The third-order valence-corrected chi connectivity index (χ3v) is 3.79. The van der Waals surface area contributed by atoms with Gasteiger partial charge in [-0.1, -0.05) is 0 Å². The van der Waals surface area contributed by atoms with Crippen molar-refractivity contribution in [3.8, 4) is 6.07 Å². The molecule has 0 saturated carbocycles. The van der Waals surface area contributed by atoms with Gasteiger partial charge in [-0.2, -0.15) is 5.26 Å². The summed E-state index contributed by atoms with van der Waals surface area (Å²) in [6.07, 6.45) is 0.893. The first-order valence-electron chi connectivity index (χ1n) is 5.24. The zero-order valence-corrected chi connectivity index (χ0v) is 10.2. The van der Waals surface area contributed by atoms with Crippen molar-refractivity contribution in [2.45, 2.75) is 20.3 Å². The molecule has 1 aliphatic rings. The van der Waals surface area contributed by atoms with E-state index in [1.54, 1.807) is 0 Å². The van der Waals surface area contributed by atoms with Gasteiger partial charge in [-0.15, -0.1) is 11.3 Å². The molecule has 0 spiro atoms. The van der Waals surface area contributed by atoms with Crippen molar-refractivity contribution in [3.05, 3.63) is 10.6 Å². The number of rotatable bonds is 2. The molecule has 5 heteroatoms. The molecule has 2 rings (SSSR count). The Balaban J connectivity index is 2.20. The molecule has 84 valence electrons. The number of ketones is 1. The minimum atomic E-state index is 0.0102. The van der Waals surface area contributed by atoms with E-state index in [-0.39, 0.29) is 11.7 Å². The third-order valence-electron chi connectivity index (χ3n) is 2.76. The van der Waals surface area contributed by atoms with Crippen LogP contribution in [0.5, 0.6) is 0 Å². The fourth-order valence-corrected chi connectivity index (χ4v) is 2.88. The van der Waals surface area contributed by atoms with Crippen LogP contribution in [0.25, 0.3) is 0 Å². The van der Waals surface area contributed by atoms with E-state index in [1.165, 1.54) is 18.3 Å². The largest absolute Gasteiger partial charge is 0.347 e. The van der Waals surface area contributed by atoms with Gasteiger partial charge in [0.05, 0.1) is 12.0 Å². The average molecular weight is 235 g/mol. The number of hydrogen-bond acceptors (Lipinski definition) is 5. The molecular weight excluding hydrogens is 222 g/mol. The predicted molar refractivity (Wildman–Crippen MR) is 62.8 cm³/mol. The smallest absolute Gasteiger partial charge is 0.186 e. The molecule has 4 nitrogen and oxygen atoms in total. The van der Waals surface area contributed by atoms with Gasteiger partial charge in [-0.3, -0.25) is 4.79 Å². The average Bonchev–Trinajstić information content (AvgIpc) is 2.83. The lowest BCUT2D eigenvalue weighted by atomic mass is 10.1. The van der Waals surface area contributed by atoms with E-state index in [2.05, 4.69) is 16.0 Å². The minimum Gasteiger partial charge on any atom is -0.347 e. The first kappa shape index (κ1) is 11.1. The minimum absolute atomic E-state index is 0.0102. The quantitative estimate of drug-likeness (QED) is 0.736. The van der Waals surface area contributed by atoms with E-state index < -0.39 is 0 Å². The second-order valence-electron chi connectivity index (χ2n) is 4.02. The van der Waals surface area contributed by atoms with Gasteiger partial charge in [-0.25, -0.2) is 4.98 Å². The van der Waals surface area contributed by atoms with Crippen LogP contribution in [-0.2, 0) is 0 Å². The van der Waals surface area contributed by atoms with E-state index in [0.29, 0.717) is 5.69 Å². The molecule has 0 aromatic carbocycles. The van der Waals surface area contributed by atoms with Gasteiger partial charge in [0.1, 0.15) is 5.69 Å². The molecule has 0 bridgehead atoms. The lowest BCUT2D eigenvalue weighted by molar-refractivity contribution is 0.101. The number of hydrogen-bond donors (Lipinski definition) is 0. The second kappa shape index (κ2) is 4.22. The maximum absolute atomic E-state index is 11.3. The van der Waals surface area contributed by atoms with Crippen molar-refractivity contribution >= 4 is 22.3 Å². The SMILES string of the molecule is CC(=O)c1nc(N2CC[C@@H](C#N)C2)sc1C. The summed E-state index contributed by atoms with van der Waals surface area (Å²) in [5.74, 6) is 0.112. The fourth-order valence-electron chi connectivity index (χ4n) is 1.88. The Labute approximate surface area is 98.5 Å². The zero-order chi connectivity index (χ0) is 11.7. The molecule has 1 aromatic rings. The Morgan fingerprint density at radius 3 is 2.94 bits per heavy atom. The van der Waals surface area contributed by atoms with Crippen LogP contribution in [0.1, 0.15) is 28.7 Å². The summed E-state index contributed by atoms with van der Waals surface area (Å²) < 4.78 is 0. The van der Waals surface area contributed by atoms with Gasteiger partial charge >= 0.3 is 0 Å². The molecule has 0 unspecified atom stereocenters. The molecule has 1 aromatic heterocycles. The van der Waals surface area contributed by atoms with Crippen molar-refractivity contribution in [2.24, 2.45) is 5.92 Å². The summed E-state index contributed by atoms with van der Waals surface area (Å²) in [4.78, 5) is 18.7. The standard InChI is InChI=1S/C11H13N3OS/c1-7(15)10-8(2)16-11(13-10)14-4-3-9(5-12)6-14/h9H,3-4,6H2,1-2H3/t9-/m0/s1. The summed E-state index contributed by atoms with van der Waals surface area (Å²) in [6, 6.07) is 2.28. The molecule has 0 N–H and O–H groups in total. The number of aryl methyl sites for hydroxylation is 1. The summed E-state index contributed by atoms with van der Waals surface area (Å²) in [6.45, 7) is 5.05. The van der Waals surface area contributed by atoms with Crippen LogP contribution in [0.2, 0.25) is 0 Å². The first-order chi connectivity index (χ1) is 7.61. The number of nitrogens with zero attached hydrogens (tertiary/aromatic N) is 3. The molecule has 1 fully saturated rings. The number of Topliss-reactive ketones (excluding diaryl/α,β-unsaturated/α-hetero) is 1. The highest BCUT2D eigenvalue weighted by atomic mass is 32.1. The number of nitriles is 1. The van der Waals surface area contributed by atoms with Crippen molar-refractivity contribution < 1.29 is 4.79 Å². The monoisotopic (exact) mass is 235 g/mol. The highest BCUT2D eigenvalue weighted by molar-refractivity contribution is 7.15. The van der Waals surface area contributed by atoms with Gasteiger partial charge in [0.25, 0.3) is 0 Å². The summed E-state index contributed by atoms with van der Waals surface area (Å²) in [7, 11) is 0. The van der Waals surface area contributed by atoms with Gasteiger partial charge in [0.15, 0.2) is 10.9 Å². The van der Waals surface area contributed by atoms with E-state index in [1.807, 2.05) is 6.92 Å². The third kappa shape index (κ3) is 1.93. The van der Waals surface area contributed by atoms with Crippen LogP contribution in [0, 0.1) is 24.2 Å². The Bertz CT molecular complexity index is 460. The molecular formula is C11H13N3OS. The lowest BCUT2D eigenvalue weighted by Gasteiger charge is -2.12. The number of aromatic nitrogens is 1. The molecule has 0 amide bonds. The molecule has 16 heavy (non-hydrogen) atoms. The maximum atomic E-state index is 11.3. The van der Waals surface area contributed by atoms with Gasteiger partial charge < -0.3 is 4.90 Å². The molecule has 1 saturated heterocycles. The van der Waals surface area contributed by atoms with Gasteiger partial charge in [-0.05, 0) is 13.3 Å². The van der Waals surface area contributed by atoms with Crippen molar-refractivity contribution in [3.63, 3.8) is 0 Å². The van der Waals surface area contributed by atoms with Crippen molar-refractivity contribution in [2.75, 3.05) is 18.0 Å². The molecule has 1 aliphatic heterocycles. The summed E-state index contributed by atoms with van der Waals surface area (Å²) in [5, 5.41) is 9.71. The van der Waals surface area contributed by atoms with E-state index in [4.69, 9.17) is 5.26 Å². The van der Waals surface area contributed by atoms with E-state index in [0.717, 1.165) is 29.5 Å². The van der Waals surface area contributed by atoms with E-state index in [9.17, 15) is 4.79 Å². The van der Waals surface area contributed by atoms with Crippen molar-refractivity contribution in [1.82, 2.24) is 4.98 Å². The highest BCUT2D eigenvalue weighted by Gasteiger charge is 2.25. The zero-order valence-electron chi connectivity index (χ0n) is 9.36. The van der Waals surface area contributed by atoms with Crippen LogP contribution < -0.4 is 4.90 Å². The normalized spacial score (nSPS) is 19.8. The molecule has 2 heterocycles. The van der Waals surface area contributed by atoms with Crippen LogP contribution >= 0.6 is 11.3 Å².